The quantitative estimate of drug-likeness (QED) is 0.298. The van der Waals surface area contributed by atoms with E-state index in [2.05, 4.69) is 15.6 Å². The number of aliphatic hydroxyl groups is 2. The van der Waals surface area contributed by atoms with Crippen molar-refractivity contribution in [2.45, 2.75) is 53.0 Å². The molecule has 10 heteroatoms. The molecule has 6 N–H and O–H groups in total. The number of aliphatic hydroxyl groups excluding tert-OH is 2. The second kappa shape index (κ2) is 15.2. The standard InChI is InChI=1S/C18H18N2O2.2C4H9NO2/c1-20-17(13-5-3-2-4-6-13)15(11-21)16(12-22)18(20)14-7-9-19-10-8-14;2*1-3(2)5-4(6)7/h2-10,21-22H,11-12H2,1H3;2*3,5H,1-2H3,(H,6,7). The molecule has 0 saturated carbocycles. The zero-order chi connectivity index (χ0) is 27.3. The zero-order valence-corrected chi connectivity index (χ0v) is 21.3. The maximum absolute atomic E-state index is 9.84. The molecule has 0 atom stereocenters. The van der Waals surface area contributed by atoms with Gasteiger partial charge in [-0.3, -0.25) is 4.98 Å². The highest BCUT2D eigenvalue weighted by Gasteiger charge is 2.21. The maximum atomic E-state index is 9.84. The van der Waals surface area contributed by atoms with Gasteiger partial charge in [0.1, 0.15) is 0 Å². The Balaban J connectivity index is 0.000000383. The minimum absolute atomic E-state index is 0.0255. The lowest BCUT2D eigenvalue weighted by Gasteiger charge is -2.09. The van der Waals surface area contributed by atoms with E-state index in [4.69, 9.17) is 10.2 Å². The Bertz CT molecular complexity index is 998. The number of carbonyl (C=O) groups is 2. The largest absolute Gasteiger partial charge is 0.465 e. The van der Waals surface area contributed by atoms with Crippen LogP contribution in [0.4, 0.5) is 9.59 Å². The number of amides is 2. The van der Waals surface area contributed by atoms with E-state index >= 15 is 0 Å². The third-order valence-corrected chi connectivity index (χ3v) is 4.75. The minimum Gasteiger partial charge on any atom is -0.465 e. The van der Waals surface area contributed by atoms with E-state index < -0.39 is 12.2 Å². The van der Waals surface area contributed by atoms with Gasteiger partial charge in [0.2, 0.25) is 0 Å². The van der Waals surface area contributed by atoms with Crippen LogP contribution in [-0.2, 0) is 20.3 Å². The lowest BCUT2D eigenvalue weighted by Crippen LogP contribution is -2.27. The van der Waals surface area contributed by atoms with Gasteiger partial charge in [0.25, 0.3) is 0 Å². The first-order valence-electron chi connectivity index (χ1n) is 11.4. The van der Waals surface area contributed by atoms with E-state index in [0.29, 0.717) is 0 Å². The molecule has 0 spiro atoms. The lowest BCUT2D eigenvalue weighted by molar-refractivity contribution is 0.190. The summed E-state index contributed by atoms with van der Waals surface area (Å²) in [5, 5.41) is 40.1. The van der Waals surface area contributed by atoms with Crippen molar-refractivity contribution in [2.24, 2.45) is 7.05 Å². The first kappa shape index (κ1) is 30.1. The predicted molar refractivity (Wildman–Crippen MR) is 139 cm³/mol. The molecular formula is C26H36N4O6. The molecule has 0 aliphatic rings. The lowest BCUT2D eigenvalue weighted by atomic mass is 10.0. The predicted octanol–water partition coefficient (Wildman–Crippen LogP) is 4.06. The summed E-state index contributed by atoms with van der Waals surface area (Å²) in [4.78, 5) is 23.4. The fourth-order valence-electron chi connectivity index (χ4n) is 3.48. The van der Waals surface area contributed by atoms with E-state index in [0.717, 1.165) is 33.6 Å². The fourth-order valence-corrected chi connectivity index (χ4v) is 3.48. The molecule has 2 aromatic heterocycles. The molecule has 36 heavy (non-hydrogen) atoms. The number of hydrogen-bond donors (Lipinski definition) is 6. The van der Waals surface area contributed by atoms with Crippen molar-refractivity contribution in [1.82, 2.24) is 20.2 Å². The monoisotopic (exact) mass is 500 g/mol. The Morgan fingerprint density at radius 2 is 1.17 bits per heavy atom. The molecule has 0 radical (unpaired) electrons. The molecular weight excluding hydrogens is 464 g/mol. The van der Waals surface area contributed by atoms with Crippen LogP contribution in [0.25, 0.3) is 22.5 Å². The first-order chi connectivity index (χ1) is 17.0. The smallest absolute Gasteiger partial charge is 0.404 e. The highest BCUT2D eigenvalue weighted by atomic mass is 16.4. The molecule has 0 aliphatic heterocycles. The van der Waals surface area contributed by atoms with Crippen molar-refractivity contribution in [3.63, 3.8) is 0 Å². The molecule has 3 aromatic rings. The summed E-state index contributed by atoms with van der Waals surface area (Å²) >= 11 is 0. The molecule has 196 valence electrons. The van der Waals surface area contributed by atoms with Crippen molar-refractivity contribution >= 4 is 12.2 Å². The summed E-state index contributed by atoms with van der Waals surface area (Å²) in [7, 11) is 1.95. The Hall–Kier alpha value is -3.89. The average Bonchev–Trinajstić information content (AvgIpc) is 3.10. The van der Waals surface area contributed by atoms with Gasteiger partial charge in [-0.1, -0.05) is 30.3 Å². The summed E-state index contributed by atoms with van der Waals surface area (Å²) in [6, 6.07) is 13.8. The molecule has 2 heterocycles. The van der Waals surface area contributed by atoms with Gasteiger partial charge in [0.05, 0.1) is 24.6 Å². The van der Waals surface area contributed by atoms with E-state index in [1.807, 2.05) is 54.1 Å². The molecule has 3 rings (SSSR count). The van der Waals surface area contributed by atoms with Crippen molar-refractivity contribution in [1.29, 1.82) is 0 Å². The molecule has 1 aromatic carbocycles. The Morgan fingerprint density at radius 1 is 0.778 bits per heavy atom. The summed E-state index contributed by atoms with van der Waals surface area (Å²) in [5.74, 6) is 0. The van der Waals surface area contributed by atoms with Gasteiger partial charge in [-0.2, -0.15) is 0 Å². The van der Waals surface area contributed by atoms with Gasteiger partial charge < -0.3 is 35.6 Å². The van der Waals surface area contributed by atoms with Crippen molar-refractivity contribution in [3.8, 4) is 22.5 Å². The van der Waals surface area contributed by atoms with E-state index in [9.17, 15) is 19.8 Å². The number of benzene rings is 1. The second-order valence-electron chi connectivity index (χ2n) is 8.34. The van der Waals surface area contributed by atoms with Gasteiger partial charge in [0, 0.05) is 48.2 Å². The van der Waals surface area contributed by atoms with Gasteiger partial charge in [0.15, 0.2) is 0 Å². The van der Waals surface area contributed by atoms with E-state index in [1.54, 1.807) is 40.1 Å². The summed E-state index contributed by atoms with van der Waals surface area (Å²) in [6.07, 6.45) is 1.53. The van der Waals surface area contributed by atoms with Gasteiger partial charge in [-0.05, 0) is 45.4 Å². The van der Waals surface area contributed by atoms with Crippen LogP contribution in [0.1, 0.15) is 38.8 Å². The number of nitrogens with one attached hydrogen (secondary N) is 2. The topological polar surface area (TPSA) is 157 Å². The maximum Gasteiger partial charge on any atom is 0.404 e. The SMILES string of the molecule is CC(C)NC(=O)O.CC(C)NC(=O)O.Cn1c(-c2ccccc2)c(CO)c(CO)c1-c1ccncc1. The van der Waals surface area contributed by atoms with Gasteiger partial charge >= 0.3 is 12.2 Å². The van der Waals surface area contributed by atoms with Crippen LogP contribution in [0.15, 0.2) is 54.9 Å². The Morgan fingerprint density at radius 3 is 1.47 bits per heavy atom. The first-order valence-corrected chi connectivity index (χ1v) is 11.4. The van der Waals surface area contributed by atoms with Gasteiger partial charge in [-0.15, -0.1) is 0 Å². The number of rotatable bonds is 6. The molecule has 10 nitrogen and oxygen atoms in total. The molecule has 0 aliphatic carbocycles. The fraction of sp³-hybridized carbons (Fsp3) is 0.346. The number of aromatic nitrogens is 2. The van der Waals surface area contributed by atoms with Crippen LogP contribution < -0.4 is 10.6 Å². The van der Waals surface area contributed by atoms with Crippen LogP contribution in [0.2, 0.25) is 0 Å². The van der Waals surface area contributed by atoms with Crippen LogP contribution in [0.3, 0.4) is 0 Å². The number of pyridine rings is 1. The second-order valence-corrected chi connectivity index (χ2v) is 8.34. The van der Waals surface area contributed by atoms with Crippen LogP contribution in [-0.4, -0.2) is 54.2 Å². The molecule has 2 amide bonds. The number of hydrogen-bond acceptors (Lipinski definition) is 5. The third kappa shape index (κ3) is 9.40. The van der Waals surface area contributed by atoms with Crippen molar-refractivity contribution in [3.05, 3.63) is 66.0 Å². The zero-order valence-electron chi connectivity index (χ0n) is 21.3. The molecule has 0 saturated heterocycles. The third-order valence-electron chi connectivity index (χ3n) is 4.75. The number of carboxylic acid groups (broad SMARTS) is 2. The van der Waals surface area contributed by atoms with E-state index in [-0.39, 0.29) is 25.3 Å². The normalized spacial score (nSPS) is 10.1. The number of nitrogens with zero attached hydrogens (tertiary/aromatic N) is 2. The Labute approximate surface area is 211 Å². The van der Waals surface area contributed by atoms with Crippen LogP contribution in [0, 0.1) is 0 Å². The van der Waals surface area contributed by atoms with Crippen molar-refractivity contribution < 1.29 is 30.0 Å². The Kier molecular flexibility index (Phi) is 12.7. The average molecular weight is 501 g/mol. The van der Waals surface area contributed by atoms with Gasteiger partial charge in [-0.25, -0.2) is 9.59 Å². The summed E-state index contributed by atoms with van der Waals surface area (Å²) in [6.45, 7) is 6.86. The van der Waals surface area contributed by atoms with Crippen molar-refractivity contribution in [2.75, 3.05) is 0 Å². The highest BCUT2D eigenvalue weighted by Crippen LogP contribution is 2.36. The van der Waals surface area contributed by atoms with Crippen LogP contribution in [0.5, 0.6) is 0 Å². The summed E-state index contributed by atoms with van der Waals surface area (Å²) < 4.78 is 2.03. The molecule has 0 bridgehead atoms. The highest BCUT2D eigenvalue weighted by molar-refractivity contribution is 5.76. The summed E-state index contributed by atoms with van der Waals surface area (Å²) in [5.41, 5.74) is 5.35. The molecule has 0 fully saturated rings. The molecule has 0 unspecified atom stereocenters. The van der Waals surface area contributed by atoms with E-state index in [1.165, 1.54) is 0 Å². The minimum atomic E-state index is -0.963. The van der Waals surface area contributed by atoms with Crippen LogP contribution >= 0.6 is 0 Å².